The van der Waals surface area contributed by atoms with E-state index in [2.05, 4.69) is 12.2 Å². The molecule has 0 saturated carbocycles. The molecule has 0 unspecified atom stereocenters. The van der Waals surface area contributed by atoms with Crippen molar-refractivity contribution in [3.8, 4) is 0 Å². The number of carbonyl (C=O) groups is 1. The minimum atomic E-state index is 0.166. The zero-order chi connectivity index (χ0) is 14.3. The van der Waals surface area contributed by atoms with E-state index >= 15 is 0 Å². The van der Waals surface area contributed by atoms with Crippen molar-refractivity contribution in [3.63, 3.8) is 0 Å². The van der Waals surface area contributed by atoms with E-state index in [1.807, 2.05) is 50.1 Å². The van der Waals surface area contributed by atoms with Gasteiger partial charge in [-0.05, 0) is 43.0 Å². The predicted molar refractivity (Wildman–Crippen MR) is 81.6 cm³/mol. The maximum Gasteiger partial charge on any atom is 0.253 e. The number of anilines is 1. The lowest BCUT2D eigenvalue weighted by Gasteiger charge is -2.30. The summed E-state index contributed by atoms with van der Waals surface area (Å²) in [6.07, 6.45) is 2.25. The summed E-state index contributed by atoms with van der Waals surface area (Å²) in [5.41, 5.74) is 1.83. The summed E-state index contributed by atoms with van der Waals surface area (Å²) < 4.78 is 0. The van der Waals surface area contributed by atoms with Gasteiger partial charge in [0, 0.05) is 31.4 Å². The molecule has 0 bridgehead atoms. The van der Waals surface area contributed by atoms with Crippen molar-refractivity contribution in [1.82, 2.24) is 4.90 Å². The van der Waals surface area contributed by atoms with Crippen LogP contribution in [0.4, 0.5) is 5.69 Å². The summed E-state index contributed by atoms with van der Waals surface area (Å²) in [5.74, 6) is 0.922. The molecule has 1 aliphatic heterocycles. The second-order valence-corrected chi connectivity index (χ2v) is 4.80. The van der Waals surface area contributed by atoms with Crippen LogP contribution in [-0.4, -0.2) is 30.9 Å². The Balaban J connectivity index is 0.000000861. The van der Waals surface area contributed by atoms with Crippen molar-refractivity contribution in [2.24, 2.45) is 5.92 Å². The molecule has 106 valence electrons. The van der Waals surface area contributed by atoms with Crippen LogP contribution in [0.1, 0.15) is 44.0 Å². The maximum absolute atomic E-state index is 12.2. The van der Waals surface area contributed by atoms with Gasteiger partial charge in [0.15, 0.2) is 0 Å². The summed E-state index contributed by atoms with van der Waals surface area (Å²) in [4.78, 5) is 14.2. The first kappa shape index (κ1) is 15.5. The van der Waals surface area contributed by atoms with Gasteiger partial charge in [-0.1, -0.05) is 20.8 Å². The van der Waals surface area contributed by atoms with Crippen molar-refractivity contribution < 1.29 is 4.79 Å². The highest BCUT2D eigenvalue weighted by atomic mass is 16.2. The molecule has 1 saturated heterocycles. The molecule has 3 heteroatoms. The Morgan fingerprint density at radius 2 is 1.68 bits per heavy atom. The smallest absolute Gasteiger partial charge is 0.253 e. The number of piperidine rings is 1. The summed E-state index contributed by atoms with van der Waals surface area (Å²) >= 11 is 0. The molecular formula is C16H26N2O. The first-order valence-electron chi connectivity index (χ1n) is 7.28. The number of nitrogens with zero attached hydrogens (tertiary/aromatic N) is 1. The lowest BCUT2D eigenvalue weighted by atomic mass is 9.98. The fourth-order valence-corrected chi connectivity index (χ4v) is 2.17. The number of carbonyl (C=O) groups excluding carboxylic acids is 1. The molecule has 3 nitrogen and oxygen atoms in total. The molecule has 2 rings (SSSR count). The van der Waals surface area contributed by atoms with Crippen LogP contribution in [0.15, 0.2) is 24.3 Å². The number of nitrogens with one attached hydrogen (secondary N) is 1. The number of hydrogen-bond donors (Lipinski definition) is 1. The first-order chi connectivity index (χ1) is 9.20. The van der Waals surface area contributed by atoms with Gasteiger partial charge in [-0.25, -0.2) is 0 Å². The number of benzene rings is 1. The largest absolute Gasteiger partial charge is 0.388 e. The molecule has 1 heterocycles. The number of rotatable bonds is 2. The molecule has 19 heavy (non-hydrogen) atoms. The van der Waals surface area contributed by atoms with Gasteiger partial charge >= 0.3 is 0 Å². The van der Waals surface area contributed by atoms with E-state index in [4.69, 9.17) is 0 Å². The average molecular weight is 262 g/mol. The van der Waals surface area contributed by atoms with Gasteiger partial charge in [-0.15, -0.1) is 0 Å². The van der Waals surface area contributed by atoms with Gasteiger partial charge < -0.3 is 10.2 Å². The highest BCUT2D eigenvalue weighted by Gasteiger charge is 2.21. The lowest BCUT2D eigenvalue weighted by Crippen LogP contribution is -2.37. The Kier molecular flexibility index (Phi) is 6.40. The molecule has 1 aromatic rings. The lowest BCUT2D eigenvalue weighted by molar-refractivity contribution is 0.0697. The van der Waals surface area contributed by atoms with Crippen molar-refractivity contribution in [1.29, 1.82) is 0 Å². The van der Waals surface area contributed by atoms with E-state index in [-0.39, 0.29) is 5.91 Å². The van der Waals surface area contributed by atoms with Gasteiger partial charge in [-0.2, -0.15) is 0 Å². The molecule has 1 aliphatic rings. The minimum absolute atomic E-state index is 0.166. The average Bonchev–Trinajstić information content (AvgIpc) is 2.49. The van der Waals surface area contributed by atoms with Crippen LogP contribution in [0.2, 0.25) is 0 Å². The summed E-state index contributed by atoms with van der Waals surface area (Å²) in [6.45, 7) is 8.05. The van der Waals surface area contributed by atoms with Crippen LogP contribution in [0.25, 0.3) is 0 Å². The van der Waals surface area contributed by atoms with Gasteiger partial charge in [0.1, 0.15) is 0 Å². The third kappa shape index (κ3) is 4.27. The number of likely N-dealkylation sites (tertiary alicyclic amines) is 1. The van der Waals surface area contributed by atoms with Crippen molar-refractivity contribution in [2.75, 3.05) is 25.5 Å². The molecule has 0 radical (unpaired) electrons. The fourth-order valence-electron chi connectivity index (χ4n) is 2.17. The second-order valence-electron chi connectivity index (χ2n) is 4.80. The zero-order valence-electron chi connectivity index (χ0n) is 12.6. The van der Waals surface area contributed by atoms with Crippen LogP contribution < -0.4 is 5.32 Å². The molecule has 1 fully saturated rings. The molecule has 0 aliphatic carbocycles. The topological polar surface area (TPSA) is 32.3 Å². The monoisotopic (exact) mass is 262 g/mol. The number of hydrogen-bond acceptors (Lipinski definition) is 2. The number of amides is 1. The van der Waals surface area contributed by atoms with Crippen molar-refractivity contribution in [2.45, 2.75) is 33.6 Å². The SMILES string of the molecule is CC.CNc1ccc(C(=O)N2CCC(C)CC2)cc1. The summed E-state index contributed by atoms with van der Waals surface area (Å²) in [5, 5.41) is 3.05. The highest BCUT2D eigenvalue weighted by Crippen LogP contribution is 2.18. The maximum atomic E-state index is 12.2. The molecule has 0 spiro atoms. The third-order valence-corrected chi connectivity index (χ3v) is 3.49. The third-order valence-electron chi connectivity index (χ3n) is 3.49. The van der Waals surface area contributed by atoms with Crippen LogP contribution in [0.5, 0.6) is 0 Å². The van der Waals surface area contributed by atoms with Crippen LogP contribution in [-0.2, 0) is 0 Å². The van der Waals surface area contributed by atoms with E-state index in [0.29, 0.717) is 0 Å². The quantitative estimate of drug-likeness (QED) is 0.882. The molecule has 0 aromatic heterocycles. The second kappa shape index (κ2) is 7.82. The first-order valence-corrected chi connectivity index (χ1v) is 7.28. The predicted octanol–water partition coefficient (Wildman–Crippen LogP) is 3.63. The molecule has 1 N–H and O–H groups in total. The van der Waals surface area contributed by atoms with E-state index < -0.39 is 0 Å². The van der Waals surface area contributed by atoms with E-state index in [9.17, 15) is 4.79 Å². The van der Waals surface area contributed by atoms with E-state index in [0.717, 1.165) is 43.1 Å². The van der Waals surface area contributed by atoms with Crippen molar-refractivity contribution >= 4 is 11.6 Å². The standard InChI is InChI=1S/C14H20N2O.C2H6/c1-11-7-9-16(10-8-11)14(17)12-3-5-13(15-2)6-4-12;1-2/h3-6,11,15H,7-10H2,1-2H3;1-2H3. The Labute approximate surface area is 117 Å². The molecule has 0 atom stereocenters. The molecule has 1 amide bonds. The zero-order valence-corrected chi connectivity index (χ0v) is 12.6. The Morgan fingerprint density at radius 3 is 2.16 bits per heavy atom. The van der Waals surface area contributed by atoms with Crippen molar-refractivity contribution in [3.05, 3.63) is 29.8 Å². The van der Waals surface area contributed by atoms with Gasteiger partial charge in [-0.3, -0.25) is 4.79 Å². The van der Waals surface area contributed by atoms with Crippen LogP contribution in [0, 0.1) is 5.92 Å². The van der Waals surface area contributed by atoms with Gasteiger partial charge in [0.05, 0.1) is 0 Å². The Morgan fingerprint density at radius 1 is 1.16 bits per heavy atom. The van der Waals surface area contributed by atoms with Crippen LogP contribution >= 0.6 is 0 Å². The molecular weight excluding hydrogens is 236 g/mol. The van der Waals surface area contributed by atoms with Gasteiger partial charge in [0.25, 0.3) is 5.91 Å². The Hall–Kier alpha value is -1.51. The molecule has 1 aromatic carbocycles. The highest BCUT2D eigenvalue weighted by molar-refractivity contribution is 5.94. The normalized spacial score (nSPS) is 15.5. The van der Waals surface area contributed by atoms with E-state index in [1.54, 1.807) is 0 Å². The summed E-state index contributed by atoms with van der Waals surface area (Å²) in [6, 6.07) is 7.68. The van der Waals surface area contributed by atoms with Crippen LogP contribution in [0.3, 0.4) is 0 Å². The minimum Gasteiger partial charge on any atom is -0.388 e. The van der Waals surface area contributed by atoms with E-state index in [1.165, 1.54) is 0 Å². The summed E-state index contributed by atoms with van der Waals surface area (Å²) in [7, 11) is 1.88. The van der Waals surface area contributed by atoms with Gasteiger partial charge in [0.2, 0.25) is 0 Å². The fraction of sp³-hybridized carbons (Fsp3) is 0.562. The Bertz CT molecular complexity index is 378.